The Labute approximate surface area is 166 Å². The Morgan fingerprint density at radius 3 is 2.29 bits per heavy atom. The minimum atomic E-state index is 0.0555. The van der Waals surface area contributed by atoms with Crippen molar-refractivity contribution in [1.82, 2.24) is 0 Å². The zero-order valence-electron chi connectivity index (χ0n) is 16.2. The van der Waals surface area contributed by atoms with Gasteiger partial charge < -0.3 is 25.1 Å². The molecule has 0 unspecified atom stereocenters. The SMILES string of the molecule is O=C(C[NH+]1CCN(c2ccccc2O)CC1)Nc1ccc(N2CCCC2)cc1. The number of nitrogens with zero attached hydrogens (tertiary/aromatic N) is 2. The molecule has 148 valence electrons. The highest BCUT2D eigenvalue weighted by molar-refractivity contribution is 5.91. The number of aromatic hydroxyl groups is 1. The Morgan fingerprint density at radius 1 is 0.929 bits per heavy atom. The van der Waals surface area contributed by atoms with E-state index in [1.807, 2.05) is 30.3 Å². The second kappa shape index (κ2) is 8.52. The van der Waals surface area contributed by atoms with Crippen molar-refractivity contribution in [1.29, 1.82) is 0 Å². The standard InChI is InChI=1S/C22H28N4O2/c27-21-6-2-1-5-20(21)26-15-13-24(14-16-26)17-22(28)23-18-7-9-19(10-8-18)25-11-3-4-12-25/h1-2,5-10,27H,3-4,11-17H2,(H,23,28)/p+1. The molecule has 4 rings (SSSR count). The van der Waals surface area contributed by atoms with Crippen LogP contribution in [0.15, 0.2) is 48.5 Å². The average Bonchev–Trinajstić information content (AvgIpc) is 3.24. The van der Waals surface area contributed by atoms with Crippen molar-refractivity contribution in [3.8, 4) is 5.75 Å². The summed E-state index contributed by atoms with van der Waals surface area (Å²) in [5.74, 6) is 0.376. The molecule has 0 bridgehead atoms. The average molecular weight is 382 g/mol. The fraction of sp³-hybridized carbons (Fsp3) is 0.409. The second-order valence-electron chi connectivity index (χ2n) is 7.69. The predicted molar refractivity (Wildman–Crippen MR) is 112 cm³/mol. The number of nitrogens with one attached hydrogen (secondary N) is 2. The van der Waals surface area contributed by atoms with Crippen molar-refractivity contribution < 1.29 is 14.8 Å². The fourth-order valence-corrected chi connectivity index (χ4v) is 4.14. The highest BCUT2D eigenvalue weighted by atomic mass is 16.3. The number of para-hydroxylation sites is 2. The number of amides is 1. The van der Waals surface area contributed by atoms with Gasteiger partial charge in [0.2, 0.25) is 0 Å². The highest BCUT2D eigenvalue weighted by Gasteiger charge is 2.23. The molecule has 0 radical (unpaired) electrons. The minimum absolute atomic E-state index is 0.0555. The number of phenols is 1. The van der Waals surface area contributed by atoms with Gasteiger partial charge in [-0.15, -0.1) is 0 Å². The molecule has 0 saturated carbocycles. The number of carbonyl (C=O) groups is 1. The van der Waals surface area contributed by atoms with Crippen LogP contribution in [0.2, 0.25) is 0 Å². The summed E-state index contributed by atoms with van der Waals surface area (Å²) in [6, 6.07) is 15.6. The Bertz CT molecular complexity index is 794. The summed E-state index contributed by atoms with van der Waals surface area (Å²) in [4.78, 5) is 18.3. The lowest BCUT2D eigenvalue weighted by atomic mass is 10.2. The molecule has 3 N–H and O–H groups in total. The molecule has 0 aliphatic carbocycles. The number of anilines is 3. The van der Waals surface area contributed by atoms with E-state index in [1.54, 1.807) is 6.07 Å². The molecule has 2 heterocycles. The van der Waals surface area contributed by atoms with Gasteiger partial charge in [-0.05, 0) is 49.2 Å². The van der Waals surface area contributed by atoms with Crippen molar-refractivity contribution >= 4 is 23.0 Å². The Morgan fingerprint density at radius 2 is 1.61 bits per heavy atom. The number of rotatable bonds is 5. The van der Waals surface area contributed by atoms with Gasteiger partial charge in [-0.3, -0.25) is 4.79 Å². The Balaban J connectivity index is 1.25. The van der Waals surface area contributed by atoms with Crippen LogP contribution in [0, 0.1) is 0 Å². The molecule has 6 nitrogen and oxygen atoms in total. The number of benzene rings is 2. The smallest absolute Gasteiger partial charge is 0.279 e. The van der Waals surface area contributed by atoms with E-state index >= 15 is 0 Å². The van der Waals surface area contributed by atoms with Crippen LogP contribution in [0.1, 0.15) is 12.8 Å². The zero-order chi connectivity index (χ0) is 19.3. The van der Waals surface area contributed by atoms with Gasteiger partial charge in [0, 0.05) is 24.5 Å². The molecule has 2 fully saturated rings. The van der Waals surface area contributed by atoms with Gasteiger partial charge >= 0.3 is 0 Å². The van der Waals surface area contributed by atoms with Crippen LogP contribution in [0.4, 0.5) is 17.1 Å². The van der Waals surface area contributed by atoms with E-state index in [2.05, 4.69) is 27.2 Å². The van der Waals surface area contributed by atoms with Crippen molar-refractivity contribution in [2.45, 2.75) is 12.8 Å². The van der Waals surface area contributed by atoms with Gasteiger partial charge in [-0.25, -0.2) is 0 Å². The lowest BCUT2D eigenvalue weighted by molar-refractivity contribution is -0.892. The number of phenolic OH excluding ortho intramolecular Hbond substituents is 1. The first-order valence-corrected chi connectivity index (χ1v) is 10.2. The molecule has 2 aliphatic heterocycles. The predicted octanol–water partition coefficient (Wildman–Crippen LogP) is 1.34. The molecule has 2 aliphatic rings. The summed E-state index contributed by atoms with van der Waals surface area (Å²) in [6.45, 7) is 6.17. The van der Waals surface area contributed by atoms with Crippen LogP contribution in [0.25, 0.3) is 0 Å². The van der Waals surface area contributed by atoms with Crippen molar-refractivity contribution in [2.24, 2.45) is 0 Å². The third kappa shape index (κ3) is 4.39. The van der Waals surface area contributed by atoms with Gasteiger partial charge in [0.15, 0.2) is 6.54 Å². The van der Waals surface area contributed by atoms with E-state index in [0.717, 1.165) is 50.6 Å². The van der Waals surface area contributed by atoms with E-state index in [1.165, 1.54) is 23.4 Å². The lowest BCUT2D eigenvalue weighted by Crippen LogP contribution is -3.15. The quantitative estimate of drug-likeness (QED) is 0.732. The molecule has 1 amide bonds. The molecule has 28 heavy (non-hydrogen) atoms. The largest absolute Gasteiger partial charge is 0.506 e. The number of hydrogen-bond donors (Lipinski definition) is 3. The Kier molecular flexibility index (Phi) is 5.67. The van der Waals surface area contributed by atoms with Crippen LogP contribution in [-0.2, 0) is 4.79 Å². The molecule has 6 heteroatoms. The summed E-state index contributed by atoms with van der Waals surface area (Å²) < 4.78 is 0. The monoisotopic (exact) mass is 381 g/mol. The first-order valence-electron chi connectivity index (χ1n) is 10.2. The fourth-order valence-electron chi connectivity index (χ4n) is 4.14. The van der Waals surface area contributed by atoms with Crippen molar-refractivity contribution in [3.05, 3.63) is 48.5 Å². The van der Waals surface area contributed by atoms with E-state index in [9.17, 15) is 9.90 Å². The molecular weight excluding hydrogens is 352 g/mol. The maximum absolute atomic E-state index is 12.4. The topological polar surface area (TPSA) is 60.3 Å². The molecule has 2 saturated heterocycles. The summed E-state index contributed by atoms with van der Waals surface area (Å²) >= 11 is 0. The third-order valence-electron chi connectivity index (χ3n) is 5.73. The minimum Gasteiger partial charge on any atom is -0.506 e. The molecule has 0 spiro atoms. The lowest BCUT2D eigenvalue weighted by Gasteiger charge is -2.33. The van der Waals surface area contributed by atoms with Crippen LogP contribution in [0.5, 0.6) is 5.75 Å². The number of piperazine rings is 1. The van der Waals surface area contributed by atoms with Gasteiger partial charge in [0.05, 0.1) is 31.9 Å². The third-order valence-corrected chi connectivity index (χ3v) is 5.73. The van der Waals surface area contributed by atoms with Gasteiger partial charge in [-0.2, -0.15) is 0 Å². The van der Waals surface area contributed by atoms with Gasteiger partial charge in [0.25, 0.3) is 5.91 Å². The molecular formula is C22H29N4O2+. The van der Waals surface area contributed by atoms with Crippen molar-refractivity contribution in [3.63, 3.8) is 0 Å². The van der Waals surface area contributed by atoms with Gasteiger partial charge in [-0.1, -0.05) is 12.1 Å². The second-order valence-corrected chi connectivity index (χ2v) is 7.69. The van der Waals surface area contributed by atoms with Crippen LogP contribution < -0.4 is 20.0 Å². The highest BCUT2D eigenvalue weighted by Crippen LogP contribution is 2.26. The van der Waals surface area contributed by atoms with E-state index in [4.69, 9.17) is 0 Å². The molecule has 2 aromatic carbocycles. The number of hydrogen-bond acceptors (Lipinski definition) is 4. The van der Waals surface area contributed by atoms with E-state index in [0.29, 0.717) is 12.3 Å². The van der Waals surface area contributed by atoms with Crippen LogP contribution >= 0.6 is 0 Å². The summed E-state index contributed by atoms with van der Waals surface area (Å²) in [5.41, 5.74) is 2.98. The van der Waals surface area contributed by atoms with Crippen LogP contribution in [0.3, 0.4) is 0 Å². The normalized spacial score (nSPS) is 17.7. The van der Waals surface area contributed by atoms with E-state index < -0.39 is 0 Å². The molecule has 0 aromatic heterocycles. The van der Waals surface area contributed by atoms with Crippen LogP contribution in [-0.4, -0.2) is 56.8 Å². The summed E-state index contributed by atoms with van der Waals surface area (Å²) in [7, 11) is 0. The maximum atomic E-state index is 12.4. The zero-order valence-corrected chi connectivity index (χ0v) is 16.2. The number of quaternary nitrogens is 1. The van der Waals surface area contributed by atoms with Gasteiger partial charge in [0.1, 0.15) is 5.75 Å². The first kappa shape index (κ1) is 18.6. The first-order chi connectivity index (χ1) is 13.7. The summed E-state index contributed by atoms with van der Waals surface area (Å²) in [6.07, 6.45) is 2.52. The van der Waals surface area contributed by atoms with E-state index in [-0.39, 0.29) is 5.91 Å². The Hall–Kier alpha value is -2.73. The van der Waals surface area contributed by atoms with Crippen molar-refractivity contribution in [2.75, 3.05) is 60.9 Å². The number of carbonyl (C=O) groups excluding carboxylic acids is 1. The molecule has 2 aromatic rings. The molecule has 0 atom stereocenters. The summed E-state index contributed by atoms with van der Waals surface area (Å²) in [5, 5.41) is 13.0. The maximum Gasteiger partial charge on any atom is 0.279 e.